The van der Waals surface area contributed by atoms with Crippen molar-refractivity contribution < 1.29 is 9.53 Å². The van der Waals surface area contributed by atoms with E-state index in [-0.39, 0.29) is 5.92 Å². The summed E-state index contributed by atoms with van der Waals surface area (Å²) >= 11 is 0. The van der Waals surface area contributed by atoms with E-state index in [4.69, 9.17) is 4.74 Å². The zero-order valence-electron chi connectivity index (χ0n) is 13.9. The van der Waals surface area contributed by atoms with E-state index >= 15 is 0 Å². The molecule has 4 fully saturated rings. The van der Waals surface area contributed by atoms with Crippen molar-refractivity contribution in [2.75, 3.05) is 26.7 Å². The summed E-state index contributed by atoms with van der Waals surface area (Å²) in [5, 5.41) is 0. The van der Waals surface area contributed by atoms with Gasteiger partial charge in [0.2, 0.25) is 5.91 Å². The summed E-state index contributed by atoms with van der Waals surface area (Å²) in [5.41, 5.74) is 1.27. The lowest BCUT2D eigenvalue weighted by Crippen LogP contribution is -2.48. The topological polar surface area (TPSA) is 32.8 Å². The van der Waals surface area contributed by atoms with Gasteiger partial charge >= 0.3 is 0 Å². The van der Waals surface area contributed by atoms with Gasteiger partial charge in [-0.2, -0.15) is 0 Å². The number of carbonyl (C=O) groups is 1. The molecule has 5 rings (SSSR count). The fourth-order valence-electron chi connectivity index (χ4n) is 4.11. The summed E-state index contributed by atoms with van der Waals surface area (Å²) < 4.78 is 5.33. The van der Waals surface area contributed by atoms with Gasteiger partial charge in [0, 0.05) is 32.2 Å². The van der Waals surface area contributed by atoms with Crippen LogP contribution in [0, 0.1) is 11.8 Å². The van der Waals surface area contributed by atoms with Gasteiger partial charge in [-0.15, -0.1) is 0 Å². The molecule has 23 heavy (non-hydrogen) atoms. The van der Waals surface area contributed by atoms with E-state index in [1.54, 1.807) is 7.11 Å². The number of ether oxygens (including phenoxy) is 1. The number of carbonyl (C=O) groups excluding carboxylic acids is 1. The molecule has 3 heterocycles. The first-order valence-corrected chi connectivity index (χ1v) is 8.88. The molecule has 124 valence electrons. The molecule has 1 saturated carbocycles. The number of methoxy groups -OCH3 is 1. The Kier molecular flexibility index (Phi) is 4.02. The lowest BCUT2D eigenvalue weighted by Gasteiger charge is -2.36. The van der Waals surface area contributed by atoms with Crippen LogP contribution in [0.15, 0.2) is 24.3 Å². The molecule has 2 bridgehead atoms. The molecule has 2 atom stereocenters. The fourth-order valence-corrected chi connectivity index (χ4v) is 4.11. The quantitative estimate of drug-likeness (QED) is 0.837. The number of amides is 1. The van der Waals surface area contributed by atoms with E-state index in [0.29, 0.717) is 11.9 Å². The lowest BCUT2D eigenvalue weighted by atomic mass is 9.94. The summed E-state index contributed by atoms with van der Waals surface area (Å²) in [7, 11) is 1.71. The molecule has 0 aromatic heterocycles. The zero-order valence-corrected chi connectivity index (χ0v) is 13.9. The van der Waals surface area contributed by atoms with E-state index < -0.39 is 0 Å². The minimum Gasteiger partial charge on any atom is -0.497 e. The normalized spacial score (nSPS) is 28.0. The van der Waals surface area contributed by atoms with E-state index in [1.807, 2.05) is 12.1 Å². The highest BCUT2D eigenvalue weighted by molar-refractivity contribution is 5.80. The number of piperidine rings is 1. The van der Waals surface area contributed by atoms with Gasteiger partial charge in [-0.3, -0.25) is 9.69 Å². The summed E-state index contributed by atoms with van der Waals surface area (Å²) in [6.07, 6.45) is 4.88. The molecule has 1 aromatic rings. The van der Waals surface area contributed by atoms with Crippen molar-refractivity contribution in [3.63, 3.8) is 0 Å². The van der Waals surface area contributed by atoms with Gasteiger partial charge in [0.15, 0.2) is 0 Å². The van der Waals surface area contributed by atoms with E-state index in [9.17, 15) is 4.79 Å². The van der Waals surface area contributed by atoms with Gasteiger partial charge in [0.05, 0.1) is 13.0 Å². The number of hydrogen-bond acceptors (Lipinski definition) is 3. The van der Waals surface area contributed by atoms with Crippen molar-refractivity contribution in [1.82, 2.24) is 9.80 Å². The zero-order chi connectivity index (χ0) is 15.8. The van der Waals surface area contributed by atoms with Crippen LogP contribution in [0.5, 0.6) is 5.75 Å². The van der Waals surface area contributed by atoms with Gasteiger partial charge in [-0.25, -0.2) is 0 Å². The van der Waals surface area contributed by atoms with Crippen LogP contribution in [0.1, 0.15) is 31.2 Å². The fraction of sp³-hybridized carbons (Fsp3) is 0.632. The first-order valence-electron chi connectivity index (χ1n) is 8.88. The van der Waals surface area contributed by atoms with Crippen molar-refractivity contribution in [3.05, 3.63) is 29.8 Å². The molecule has 0 radical (unpaired) electrons. The van der Waals surface area contributed by atoms with Crippen LogP contribution in [-0.2, 0) is 11.3 Å². The number of nitrogens with zero attached hydrogens (tertiary/aromatic N) is 2. The Balaban J connectivity index is 1.47. The summed E-state index contributed by atoms with van der Waals surface area (Å²) in [6.45, 7) is 3.85. The van der Waals surface area contributed by atoms with E-state index in [2.05, 4.69) is 21.9 Å². The van der Waals surface area contributed by atoms with Crippen molar-refractivity contribution in [2.45, 2.75) is 38.3 Å². The molecule has 1 aliphatic carbocycles. The van der Waals surface area contributed by atoms with E-state index in [0.717, 1.165) is 44.3 Å². The third kappa shape index (κ3) is 3.23. The van der Waals surface area contributed by atoms with Gasteiger partial charge < -0.3 is 9.64 Å². The molecular formula is C19H26N2O2. The first-order chi connectivity index (χ1) is 11.2. The number of benzene rings is 1. The second-order valence-corrected chi connectivity index (χ2v) is 7.41. The second kappa shape index (κ2) is 6.16. The molecule has 1 amide bonds. The van der Waals surface area contributed by atoms with Gasteiger partial charge in [-0.05, 0) is 49.3 Å². The number of rotatable bonds is 5. The maximum Gasteiger partial charge on any atom is 0.227 e. The smallest absolute Gasteiger partial charge is 0.227 e. The Hall–Kier alpha value is -1.55. The van der Waals surface area contributed by atoms with Crippen LogP contribution in [0.4, 0.5) is 0 Å². The highest BCUT2D eigenvalue weighted by Crippen LogP contribution is 2.35. The Labute approximate surface area is 138 Å². The Morgan fingerprint density at radius 3 is 2.83 bits per heavy atom. The maximum atomic E-state index is 12.7. The highest BCUT2D eigenvalue weighted by atomic mass is 16.5. The average Bonchev–Trinajstić information content (AvgIpc) is 3.39. The highest BCUT2D eigenvalue weighted by Gasteiger charge is 2.42. The number of hydrogen-bond donors (Lipinski definition) is 0. The van der Waals surface area contributed by atoms with Crippen molar-refractivity contribution in [2.24, 2.45) is 11.8 Å². The summed E-state index contributed by atoms with van der Waals surface area (Å²) in [4.78, 5) is 17.4. The van der Waals surface area contributed by atoms with Crippen LogP contribution >= 0.6 is 0 Å². The second-order valence-electron chi connectivity index (χ2n) is 7.41. The maximum absolute atomic E-state index is 12.7. The molecule has 3 saturated heterocycles. The molecule has 4 heteroatoms. The van der Waals surface area contributed by atoms with E-state index in [1.165, 1.54) is 24.8 Å². The van der Waals surface area contributed by atoms with Gasteiger partial charge in [-0.1, -0.05) is 12.1 Å². The molecular weight excluding hydrogens is 288 g/mol. The lowest BCUT2D eigenvalue weighted by molar-refractivity contribution is -0.140. The molecule has 4 aliphatic rings. The van der Waals surface area contributed by atoms with Crippen molar-refractivity contribution in [1.29, 1.82) is 0 Å². The van der Waals surface area contributed by atoms with Crippen LogP contribution < -0.4 is 4.74 Å². The molecule has 0 spiro atoms. The van der Waals surface area contributed by atoms with Crippen LogP contribution in [0.3, 0.4) is 0 Å². The van der Waals surface area contributed by atoms with Gasteiger partial charge in [0.1, 0.15) is 5.75 Å². The van der Waals surface area contributed by atoms with Crippen molar-refractivity contribution in [3.8, 4) is 5.75 Å². The largest absolute Gasteiger partial charge is 0.497 e. The Morgan fingerprint density at radius 1 is 1.17 bits per heavy atom. The number of fused-ring (bicyclic) bond motifs is 4. The predicted molar refractivity (Wildman–Crippen MR) is 89.2 cm³/mol. The molecule has 0 unspecified atom stereocenters. The minimum absolute atomic E-state index is 0.207. The molecule has 4 nitrogen and oxygen atoms in total. The summed E-state index contributed by atoms with van der Waals surface area (Å²) in [6, 6.07) is 8.71. The Morgan fingerprint density at radius 2 is 2.04 bits per heavy atom. The predicted octanol–water partition coefficient (Wildman–Crippen LogP) is 2.53. The van der Waals surface area contributed by atoms with Crippen LogP contribution in [0.25, 0.3) is 0 Å². The first kappa shape index (κ1) is 15.0. The average molecular weight is 314 g/mol. The third-order valence-electron chi connectivity index (χ3n) is 5.56. The summed E-state index contributed by atoms with van der Waals surface area (Å²) in [5.74, 6) is 2.32. The van der Waals surface area contributed by atoms with Gasteiger partial charge in [0.25, 0.3) is 0 Å². The minimum atomic E-state index is 0.207. The van der Waals surface area contributed by atoms with Crippen LogP contribution in [-0.4, -0.2) is 48.5 Å². The Bertz CT molecular complexity index is 584. The van der Waals surface area contributed by atoms with Crippen LogP contribution in [0.2, 0.25) is 0 Å². The third-order valence-corrected chi connectivity index (χ3v) is 5.56. The van der Waals surface area contributed by atoms with Crippen molar-refractivity contribution >= 4 is 5.91 Å². The molecule has 1 aromatic carbocycles. The monoisotopic (exact) mass is 314 g/mol. The standard InChI is InChI=1S/C19H26N2O2/c1-23-18-4-2-3-15(9-18)10-20-12-16-7-8-17(13-20)21(19(16)22)11-14-5-6-14/h2-4,9,14,16-17H,5-8,10-13H2,1H3/t16-,17+/m1/s1. The SMILES string of the molecule is COc1cccc(CN2C[C@H]3CC[C@@H](C2)N(CC2CC2)C3=O)c1. The molecule has 3 aliphatic heterocycles. The molecule has 0 N–H and O–H groups in total.